The second-order valence-electron chi connectivity index (χ2n) is 4.45. The van der Waals surface area contributed by atoms with Crippen molar-refractivity contribution < 1.29 is 0 Å². The summed E-state index contributed by atoms with van der Waals surface area (Å²) in [5, 5.41) is 6.23. The summed E-state index contributed by atoms with van der Waals surface area (Å²) in [5.74, 6) is 0.723. The van der Waals surface area contributed by atoms with Crippen LogP contribution in [0.25, 0.3) is 0 Å². The molecule has 0 spiro atoms. The lowest BCUT2D eigenvalue weighted by molar-refractivity contribution is 0.763. The van der Waals surface area contributed by atoms with Crippen molar-refractivity contribution >= 4 is 47.0 Å². The number of nitrogens with zero attached hydrogens (tertiary/aromatic N) is 2. The van der Waals surface area contributed by atoms with E-state index in [1.807, 2.05) is 37.3 Å². The third-order valence-electron chi connectivity index (χ3n) is 2.64. The molecule has 1 unspecified atom stereocenters. The van der Waals surface area contributed by atoms with E-state index in [0.29, 0.717) is 12.5 Å². The minimum Gasteiger partial charge on any atom is -0.370 e. The molecule has 0 aliphatic carbocycles. The molecule has 0 bridgehead atoms. The van der Waals surface area contributed by atoms with Crippen LogP contribution in [0.1, 0.15) is 23.5 Å². The number of aromatic nitrogens is 1. The Hall–Kier alpha value is -1.15. The van der Waals surface area contributed by atoms with E-state index in [1.54, 1.807) is 11.3 Å². The van der Waals surface area contributed by atoms with Gasteiger partial charge in [-0.1, -0.05) is 25.1 Å². The van der Waals surface area contributed by atoms with E-state index in [1.165, 1.54) is 0 Å². The summed E-state index contributed by atoms with van der Waals surface area (Å²) in [6.45, 7) is 4.75. The van der Waals surface area contributed by atoms with Gasteiger partial charge in [0.1, 0.15) is 0 Å². The summed E-state index contributed by atoms with van der Waals surface area (Å²) >= 11 is 1.67. The van der Waals surface area contributed by atoms with Crippen molar-refractivity contribution in [3.63, 3.8) is 0 Å². The number of hydrogen-bond donors (Lipinski definition) is 2. The minimum atomic E-state index is 0. The van der Waals surface area contributed by atoms with Gasteiger partial charge in [-0.25, -0.2) is 4.98 Å². The number of halogens is 1. The van der Waals surface area contributed by atoms with Gasteiger partial charge in [-0.15, -0.1) is 35.3 Å². The number of rotatable bonds is 4. The monoisotopic (exact) mass is 402 g/mol. The van der Waals surface area contributed by atoms with Crippen molar-refractivity contribution in [3.8, 4) is 0 Å². The highest BCUT2D eigenvalue weighted by atomic mass is 127. The lowest BCUT2D eigenvalue weighted by Crippen LogP contribution is -2.23. The molecule has 0 amide bonds. The van der Waals surface area contributed by atoms with E-state index in [2.05, 4.69) is 27.6 Å². The first-order chi connectivity index (χ1) is 9.15. The molecule has 0 saturated carbocycles. The molecule has 1 aromatic carbocycles. The second kappa shape index (κ2) is 8.21. The summed E-state index contributed by atoms with van der Waals surface area (Å²) in [5.41, 5.74) is 7.87. The van der Waals surface area contributed by atoms with E-state index in [9.17, 15) is 0 Å². The predicted molar refractivity (Wildman–Crippen MR) is 97.2 cm³/mol. The van der Waals surface area contributed by atoms with Gasteiger partial charge in [0.05, 0.1) is 11.6 Å². The van der Waals surface area contributed by atoms with Crippen LogP contribution in [0.5, 0.6) is 0 Å². The Morgan fingerprint density at radius 3 is 2.70 bits per heavy atom. The van der Waals surface area contributed by atoms with Crippen LogP contribution in [0.3, 0.4) is 0 Å². The first kappa shape index (κ1) is 16.9. The molecule has 6 heteroatoms. The molecule has 4 nitrogen and oxygen atoms in total. The van der Waals surface area contributed by atoms with Gasteiger partial charge in [0.15, 0.2) is 5.96 Å². The van der Waals surface area contributed by atoms with Gasteiger partial charge in [0, 0.05) is 22.7 Å². The van der Waals surface area contributed by atoms with Crippen molar-refractivity contribution in [2.45, 2.75) is 19.8 Å². The Morgan fingerprint density at radius 2 is 2.10 bits per heavy atom. The highest BCUT2D eigenvalue weighted by molar-refractivity contribution is 14.0. The van der Waals surface area contributed by atoms with Crippen molar-refractivity contribution in [3.05, 3.63) is 46.4 Å². The Morgan fingerprint density at radius 1 is 1.40 bits per heavy atom. The maximum atomic E-state index is 5.86. The highest BCUT2D eigenvalue weighted by Gasteiger charge is 2.08. The van der Waals surface area contributed by atoms with Gasteiger partial charge in [-0.05, 0) is 19.1 Å². The van der Waals surface area contributed by atoms with E-state index in [-0.39, 0.29) is 29.9 Å². The van der Waals surface area contributed by atoms with Crippen molar-refractivity contribution in [1.82, 2.24) is 4.98 Å². The Kier molecular flexibility index (Phi) is 6.94. The van der Waals surface area contributed by atoms with Gasteiger partial charge in [-0.3, -0.25) is 4.99 Å². The number of benzene rings is 1. The Labute approximate surface area is 140 Å². The van der Waals surface area contributed by atoms with E-state index in [4.69, 9.17) is 5.73 Å². The molecule has 0 aliphatic heterocycles. The van der Waals surface area contributed by atoms with Gasteiger partial charge < -0.3 is 11.1 Å². The van der Waals surface area contributed by atoms with Crippen molar-refractivity contribution in [2.24, 2.45) is 10.7 Å². The van der Waals surface area contributed by atoms with Crippen molar-refractivity contribution in [1.29, 1.82) is 0 Å². The molecule has 0 fully saturated rings. The smallest absolute Gasteiger partial charge is 0.193 e. The zero-order valence-electron chi connectivity index (χ0n) is 11.5. The normalized spacial score (nSPS) is 12.6. The predicted octanol–water partition coefficient (Wildman–Crippen LogP) is 3.60. The van der Waals surface area contributed by atoms with Crippen LogP contribution in [0.2, 0.25) is 0 Å². The third kappa shape index (κ3) is 5.09. The molecule has 0 radical (unpaired) electrons. The SMILES string of the molecule is Cc1csc(C(C)CN=C(N)Nc2ccccc2)n1.I. The first-order valence-corrected chi connectivity index (χ1v) is 7.07. The summed E-state index contributed by atoms with van der Waals surface area (Å²) < 4.78 is 0. The fraction of sp³-hybridized carbons (Fsp3) is 0.286. The molecular formula is C14H19IN4S. The molecule has 1 atom stereocenters. The van der Waals surface area contributed by atoms with Crippen LogP contribution >= 0.6 is 35.3 Å². The number of thiazole rings is 1. The molecule has 108 valence electrons. The number of nitrogens with two attached hydrogens (primary N) is 1. The number of para-hydroxylation sites is 1. The molecule has 2 aromatic rings. The molecule has 1 aromatic heterocycles. The largest absolute Gasteiger partial charge is 0.370 e. The number of nitrogens with one attached hydrogen (secondary N) is 1. The number of hydrogen-bond acceptors (Lipinski definition) is 3. The quantitative estimate of drug-likeness (QED) is 0.467. The average Bonchev–Trinajstić information content (AvgIpc) is 2.84. The summed E-state index contributed by atoms with van der Waals surface area (Å²) in [6.07, 6.45) is 0. The molecule has 1 heterocycles. The van der Waals surface area contributed by atoms with Gasteiger partial charge in [-0.2, -0.15) is 0 Å². The Balaban J connectivity index is 0.00000200. The van der Waals surface area contributed by atoms with Crippen LogP contribution in [0.4, 0.5) is 5.69 Å². The van der Waals surface area contributed by atoms with Crippen LogP contribution < -0.4 is 11.1 Å². The van der Waals surface area contributed by atoms with E-state index < -0.39 is 0 Å². The second-order valence-corrected chi connectivity index (χ2v) is 5.33. The molecular weight excluding hydrogens is 383 g/mol. The number of guanidine groups is 1. The highest BCUT2D eigenvalue weighted by Crippen LogP contribution is 2.19. The lowest BCUT2D eigenvalue weighted by atomic mass is 10.2. The van der Waals surface area contributed by atoms with Crippen LogP contribution in [0.15, 0.2) is 40.7 Å². The maximum absolute atomic E-state index is 5.86. The molecule has 0 saturated heterocycles. The molecule has 0 aliphatic rings. The summed E-state index contributed by atoms with van der Waals surface area (Å²) in [4.78, 5) is 8.82. The summed E-state index contributed by atoms with van der Waals surface area (Å²) in [6, 6.07) is 9.78. The number of anilines is 1. The minimum absolute atomic E-state index is 0. The third-order valence-corrected chi connectivity index (χ3v) is 3.83. The lowest BCUT2D eigenvalue weighted by Gasteiger charge is -2.07. The zero-order valence-corrected chi connectivity index (χ0v) is 14.7. The van der Waals surface area contributed by atoms with Gasteiger partial charge in [0.2, 0.25) is 0 Å². The van der Waals surface area contributed by atoms with Gasteiger partial charge >= 0.3 is 0 Å². The van der Waals surface area contributed by atoms with Crippen LogP contribution in [0, 0.1) is 6.92 Å². The van der Waals surface area contributed by atoms with E-state index >= 15 is 0 Å². The fourth-order valence-electron chi connectivity index (χ4n) is 1.62. The van der Waals surface area contributed by atoms with Crippen LogP contribution in [-0.2, 0) is 0 Å². The average molecular weight is 402 g/mol. The zero-order chi connectivity index (χ0) is 13.7. The molecule has 20 heavy (non-hydrogen) atoms. The standard InChI is InChI=1S/C14H18N4S.HI/c1-10(13-17-11(2)9-19-13)8-16-14(15)18-12-6-4-3-5-7-12;/h3-7,9-10H,8H2,1-2H3,(H3,15,16,18);1H. The Bertz CT molecular complexity index is 553. The number of aryl methyl sites for hydroxylation is 1. The van der Waals surface area contributed by atoms with Crippen molar-refractivity contribution in [2.75, 3.05) is 11.9 Å². The van der Waals surface area contributed by atoms with Gasteiger partial charge in [0.25, 0.3) is 0 Å². The molecule has 3 N–H and O–H groups in total. The number of aliphatic imine (C=N–C) groups is 1. The summed E-state index contributed by atoms with van der Waals surface area (Å²) in [7, 11) is 0. The topological polar surface area (TPSA) is 63.3 Å². The van der Waals surface area contributed by atoms with Crippen LogP contribution in [-0.4, -0.2) is 17.5 Å². The fourth-order valence-corrected chi connectivity index (χ4v) is 2.47. The molecule has 2 rings (SSSR count). The maximum Gasteiger partial charge on any atom is 0.193 e. The first-order valence-electron chi connectivity index (χ1n) is 6.19. The van der Waals surface area contributed by atoms with E-state index in [0.717, 1.165) is 16.4 Å².